The van der Waals surface area contributed by atoms with Gasteiger partial charge < -0.3 is 24.2 Å². The van der Waals surface area contributed by atoms with Gasteiger partial charge in [-0.15, -0.1) is 0 Å². The SMILES string of the molecule is COc1cc(C)c(S(=O)(=O)N(C)CCOCC(=O)N(C)C[C@@H]2CCN(CC3CCCN(C)C3)C2)c(C)c1. The highest BCUT2D eigenvalue weighted by molar-refractivity contribution is 7.89. The molecule has 2 fully saturated rings. The predicted molar refractivity (Wildman–Crippen MR) is 146 cm³/mol. The normalized spacial score (nSPS) is 21.5. The van der Waals surface area contributed by atoms with Gasteiger partial charge in [0.15, 0.2) is 0 Å². The van der Waals surface area contributed by atoms with Gasteiger partial charge in [0.25, 0.3) is 0 Å². The summed E-state index contributed by atoms with van der Waals surface area (Å²) in [5.41, 5.74) is 1.27. The Morgan fingerprint density at radius 3 is 2.43 bits per heavy atom. The van der Waals surface area contributed by atoms with Crippen LogP contribution in [-0.2, 0) is 19.6 Å². The molecule has 0 radical (unpaired) electrons. The lowest BCUT2D eigenvalue weighted by Gasteiger charge is -2.32. The maximum atomic E-state index is 13.1. The zero-order valence-corrected chi connectivity index (χ0v) is 24.3. The van der Waals surface area contributed by atoms with Gasteiger partial charge in [-0.05, 0) is 88.3 Å². The van der Waals surface area contributed by atoms with Crippen LogP contribution in [0.15, 0.2) is 17.0 Å². The number of amides is 1. The average molecular weight is 539 g/mol. The molecule has 2 heterocycles. The molecular formula is C27H46N4O5S. The summed E-state index contributed by atoms with van der Waals surface area (Å²) < 4.78 is 38.3. The monoisotopic (exact) mass is 538 g/mol. The molecule has 2 saturated heterocycles. The van der Waals surface area contributed by atoms with Crippen molar-refractivity contribution in [3.63, 3.8) is 0 Å². The van der Waals surface area contributed by atoms with Gasteiger partial charge in [0.2, 0.25) is 15.9 Å². The first kappa shape index (κ1) is 29.8. The van der Waals surface area contributed by atoms with Crippen LogP contribution in [0.1, 0.15) is 30.4 Å². The van der Waals surface area contributed by atoms with E-state index in [0.29, 0.717) is 22.8 Å². The van der Waals surface area contributed by atoms with E-state index in [1.165, 1.54) is 37.3 Å². The topological polar surface area (TPSA) is 82.6 Å². The van der Waals surface area contributed by atoms with Crippen molar-refractivity contribution in [3.8, 4) is 5.75 Å². The highest BCUT2D eigenvalue weighted by Crippen LogP contribution is 2.27. The van der Waals surface area contributed by atoms with Crippen molar-refractivity contribution in [2.75, 3.05) is 87.3 Å². The molecule has 0 bridgehead atoms. The zero-order chi connectivity index (χ0) is 27.2. The van der Waals surface area contributed by atoms with Gasteiger partial charge in [-0.25, -0.2) is 8.42 Å². The number of hydrogen-bond donors (Lipinski definition) is 0. The molecule has 210 valence electrons. The Labute approximate surface area is 223 Å². The molecule has 2 atom stereocenters. The number of rotatable bonds is 12. The van der Waals surface area contributed by atoms with Crippen LogP contribution in [0.4, 0.5) is 0 Å². The number of aryl methyl sites for hydroxylation is 2. The first-order valence-electron chi connectivity index (χ1n) is 13.4. The lowest BCUT2D eigenvalue weighted by molar-refractivity contribution is -0.135. The van der Waals surface area contributed by atoms with Crippen LogP contribution in [0.5, 0.6) is 5.75 Å². The smallest absolute Gasteiger partial charge is 0.248 e. The van der Waals surface area contributed by atoms with Crippen LogP contribution in [0.3, 0.4) is 0 Å². The van der Waals surface area contributed by atoms with Crippen molar-refractivity contribution in [1.82, 2.24) is 19.0 Å². The molecule has 10 heteroatoms. The molecule has 1 aromatic carbocycles. The number of likely N-dealkylation sites (N-methyl/N-ethyl adjacent to an activating group) is 2. The van der Waals surface area contributed by atoms with Crippen LogP contribution in [0.2, 0.25) is 0 Å². The van der Waals surface area contributed by atoms with Crippen molar-refractivity contribution < 1.29 is 22.7 Å². The van der Waals surface area contributed by atoms with Crippen LogP contribution in [-0.4, -0.2) is 121 Å². The molecule has 0 aromatic heterocycles. The van der Waals surface area contributed by atoms with E-state index in [-0.39, 0.29) is 30.6 Å². The van der Waals surface area contributed by atoms with E-state index in [9.17, 15) is 13.2 Å². The molecule has 9 nitrogen and oxygen atoms in total. The number of carbonyl (C=O) groups is 1. The Hall–Kier alpha value is -1.72. The van der Waals surface area contributed by atoms with E-state index >= 15 is 0 Å². The Morgan fingerprint density at radius 1 is 1.08 bits per heavy atom. The predicted octanol–water partition coefficient (Wildman–Crippen LogP) is 2.07. The summed E-state index contributed by atoms with van der Waals surface area (Å²) in [7, 11) is 3.45. The molecule has 1 unspecified atom stereocenters. The molecule has 0 N–H and O–H groups in total. The third-order valence-electron chi connectivity index (χ3n) is 7.68. The van der Waals surface area contributed by atoms with Crippen LogP contribution in [0.25, 0.3) is 0 Å². The van der Waals surface area contributed by atoms with E-state index in [0.717, 1.165) is 38.5 Å². The summed E-state index contributed by atoms with van der Waals surface area (Å²) in [6, 6.07) is 3.44. The minimum Gasteiger partial charge on any atom is -0.497 e. The number of nitrogens with zero attached hydrogens (tertiary/aromatic N) is 4. The van der Waals surface area contributed by atoms with Gasteiger partial charge in [0, 0.05) is 46.8 Å². The lowest BCUT2D eigenvalue weighted by Crippen LogP contribution is -2.39. The molecule has 0 saturated carbocycles. The van der Waals surface area contributed by atoms with Crippen molar-refractivity contribution in [2.24, 2.45) is 11.8 Å². The van der Waals surface area contributed by atoms with Gasteiger partial charge in [-0.1, -0.05) is 0 Å². The fourth-order valence-electron chi connectivity index (χ4n) is 5.68. The van der Waals surface area contributed by atoms with E-state index in [1.54, 1.807) is 38.0 Å². The van der Waals surface area contributed by atoms with Crippen molar-refractivity contribution >= 4 is 15.9 Å². The quantitative estimate of drug-likeness (QED) is 0.377. The molecule has 2 aliphatic rings. The standard InChI is InChI=1S/C27H46N4O5S/c1-21-14-25(35-6)15-22(2)27(21)37(33,34)30(5)12-13-36-20-26(32)29(4)17-24-9-11-31(19-24)18-23-8-7-10-28(3)16-23/h14-15,23-24H,7-13,16-20H2,1-6H3/t23?,24-/m0/s1. The summed E-state index contributed by atoms with van der Waals surface area (Å²) in [4.78, 5) is 19.7. The molecular weight excluding hydrogens is 492 g/mol. The Balaban J connectivity index is 1.38. The summed E-state index contributed by atoms with van der Waals surface area (Å²) in [6.07, 6.45) is 3.73. The van der Waals surface area contributed by atoms with Crippen molar-refractivity contribution in [3.05, 3.63) is 23.3 Å². The Morgan fingerprint density at radius 2 is 1.78 bits per heavy atom. The summed E-state index contributed by atoms with van der Waals surface area (Å²) >= 11 is 0. The first-order valence-corrected chi connectivity index (χ1v) is 14.8. The summed E-state index contributed by atoms with van der Waals surface area (Å²) in [5, 5.41) is 0. The number of hydrogen-bond acceptors (Lipinski definition) is 7. The Kier molecular flexibility index (Phi) is 10.8. The minimum absolute atomic E-state index is 0.0458. The number of likely N-dealkylation sites (tertiary alicyclic amines) is 2. The second-order valence-corrected chi connectivity index (χ2v) is 12.9. The molecule has 1 aromatic rings. The molecule has 3 rings (SSSR count). The fourth-order valence-corrected chi connectivity index (χ4v) is 7.24. The van der Waals surface area contributed by atoms with Crippen LogP contribution >= 0.6 is 0 Å². The number of methoxy groups -OCH3 is 1. The van der Waals surface area contributed by atoms with Gasteiger partial charge in [0.05, 0.1) is 18.6 Å². The highest BCUT2D eigenvalue weighted by Gasteiger charge is 2.28. The van der Waals surface area contributed by atoms with Gasteiger partial charge in [-0.2, -0.15) is 4.31 Å². The summed E-state index contributed by atoms with van der Waals surface area (Å²) in [6.45, 7) is 10.2. The first-order chi connectivity index (χ1) is 17.5. The van der Waals surface area contributed by atoms with Crippen molar-refractivity contribution in [1.29, 1.82) is 0 Å². The fraction of sp³-hybridized carbons (Fsp3) is 0.741. The van der Waals surface area contributed by atoms with Gasteiger partial charge in [-0.3, -0.25) is 4.79 Å². The maximum Gasteiger partial charge on any atom is 0.248 e. The minimum atomic E-state index is -3.68. The van der Waals surface area contributed by atoms with E-state index in [4.69, 9.17) is 9.47 Å². The number of piperidine rings is 1. The average Bonchev–Trinajstić information content (AvgIpc) is 3.27. The highest BCUT2D eigenvalue weighted by atomic mass is 32.2. The van der Waals surface area contributed by atoms with Crippen LogP contribution < -0.4 is 4.74 Å². The number of ether oxygens (including phenoxy) is 2. The molecule has 37 heavy (non-hydrogen) atoms. The molecule has 0 aliphatic carbocycles. The maximum absolute atomic E-state index is 13.1. The van der Waals surface area contributed by atoms with Gasteiger partial charge >= 0.3 is 0 Å². The zero-order valence-electron chi connectivity index (χ0n) is 23.5. The largest absolute Gasteiger partial charge is 0.497 e. The third-order valence-corrected chi connectivity index (χ3v) is 9.84. The second kappa shape index (κ2) is 13.4. The van der Waals surface area contributed by atoms with E-state index in [1.807, 2.05) is 7.05 Å². The Bertz CT molecular complexity index is 995. The third kappa shape index (κ3) is 8.13. The molecule has 0 spiro atoms. The number of sulfonamides is 1. The molecule has 2 aliphatic heterocycles. The number of carbonyl (C=O) groups excluding carboxylic acids is 1. The van der Waals surface area contributed by atoms with Crippen LogP contribution in [0, 0.1) is 25.7 Å². The van der Waals surface area contributed by atoms with Gasteiger partial charge in [0.1, 0.15) is 12.4 Å². The molecule has 1 amide bonds. The number of benzene rings is 1. The second-order valence-electron chi connectivity index (χ2n) is 10.9. The van der Waals surface area contributed by atoms with E-state index in [2.05, 4.69) is 16.8 Å². The lowest BCUT2D eigenvalue weighted by atomic mass is 9.98. The summed E-state index contributed by atoms with van der Waals surface area (Å²) in [5.74, 6) is 1.80. The van der Waals surface area contributed by atoms with E-state index < -0.39 is 10.0 Å². The van der Waals surface area contributed by atoms with Crippen molar-refractivity contribution in [2.45, 2.75) is 38.0 Å².